The van der Waals surface area contributed by atoms with Gasteiger partial charge in [0.25, 0.3) is 0 Å². The molecule has 0 aliphatic heterocycles. The van der Waals surface area contributed by atoms with Crippen molar-refractivity contribution in [3.05, 3.63) is 109 Å². The lowest BCUT2D eigenvalue weighted by Crippen LogP contribution is -2.30. The second kappa shape index (κ2) is 62.6. The van der Waals surface area contributed by atoms with Crippen molar-refractivity contribution >= 4 is 17.9 Å². The summed E-state index contributed by atoms with van der Waals surface area (Å²) in [5, 5.41) is 0. The molecule has 428 valence electrons. The number of esters is 3. The van der Waals surface area contributed by atoms with Crippen molar-refractivity contribution in [3.8, 4) is 0 Å². The molecule has 0 fully saturated rings. The van der Waals surface area contributed by atoms with E-state index in [-0.39, 0.29) is 31.1 Å². The molecule has 1 atom stereocenters. The minimum Gasteiger partial charge on any atom is -0.462 e. The average molecular weight is 1040 g/mol. The Morgan fingerprint density at radius 1 is 0.280 bits per heavy atom. The summed E-state index contributed by atoms with van der Waals surface area (Å²) < 4.78 is 16.8. The number of rotatable bonds is 56. The van der Waals surface area contributed by atoms with E-state index in [9.17, 15) is 14.4 Å². The molecule has 0 bridgehead atoms. The van der Waals surface area contributed by atoms with Crippen LogP contribution in [-0.2, 0) is 28.6 Å². The van der Waals surface area contributed by atoms with Gasteiger partial charge in [0.2, 0.25) is 0 Å². The normalized spacial score (nSPS) is 12.8. The number of unbranched alkanes of at least 4 members (excludes halogenated alkanes) is 27. The van der Waals surface area contributed by atoms with Crippen LogP contribution in [0.15, 0.2) is 109 Å². The molecule has 1 unspecified atom stereocenters. The molecule has 0 aliphatic rings. The van der Waals surface area contributed by atoms with Gasteiger partial charge in [-0.1, -0.05) is 278 Å². The Bertz CT molecular complexity index is 1520. The van der Waals surface area contributed by atoms with Crippen LogP contribution in [0.25, 0.3) is 0 Å². The standard InChI is InChI=1S/C69H116O6/c1-4-7-10-13-16-18-20-22-24-26-28-29-30-31-32-33-34-35-36-37-38-39-41-42-44-46-48-50-53-56-59-62-68(71)74-65-66(64-73-67(70)61-58-55-52-15-12-9-6-3)75-69(72)63-60-57-54-51-49-47-45-43-40-27-25-23-21-19-17-14-11-8-5-2/h7-8,10-11,16-19,22-25,28-29,31-32,40,43,66H,4-6,9,12-15,20-21,26-27,30,33-39,41-42,44-65H2,1-3H3/b10-7-,11-8-,18-16-,19-17-,24-22-,25-23-,29-28-,32-31-,43-40-. The second-order valence-corrected chi connectivity index (χ2v) is 20.6. The van der Waals surface area contributed by atoms with E-state index in [0.29, 0.717) is 19.3 Å². The Morgan fingerprint density at radius 2 is 0.520 bits per heavy atom. The third-order valence-electron chi connectivity index (χ3n) is 13.3. The largest absolute Gasteiger partial charge is 0.462 e. The molecule has 0 rings (SSSR count). The highest BCUT2D eigenvalue weighted by Gasteiger charge is 2.19. The van der Waals surface area contributed by atoms with Gasteiger partial charge in [0.15, 0.2) is 6.10 Å². The smallest absolute Gasteiger partial charge is 0.306 e. The van der Waals surface area contributed by atoms with Crippen LogP contribution in [0.2, 0.25) is 0 Å². The lowest BCUT2D eigenvalue weighted by atomic mass is 10.0. The topological polar surface area (TPSA) is 78.9 Å². The molecular weight excluding hydrogens is 925 g/mol. The van der Waals surface area contributed by atoms with E-state index in [4.69, 9.17) is 14.2 Å². The summed E-state index contributed by atoms with van der Waals surface area (Å²) in [7, 11) is 0. The van der Waals surface area contributed by atoms with Gasteiger partial charge in [-0.2, -0.15) is 0 Å². The number of allylic oxidation sites excluding steroid dienone is 18. The number of ether oxygens (including phenoxy) is 3. The first kappa shape index (κ1) is 71.1. The molecule has 0 amide bonds. The maximum absolute atomic E-state index is 12.8. The third-order valence-corrected chi connectivity index (χ3v) is 13.3. The van der Waals surface area contributed by atoms with Gasteiger partial charge in [0.1, 0.15) is 13.2 Å². The number of carbonyl (C=O) groups is 3. The molecule has 0 radical (unpaired) electrons. The van der Waals surface area contributed by atoms with E-state index < -0.39 is 6.10 Å². The summed E-state index contributed by atoms with van der Waals surface area (Å²) in [5.74, 6) is -0.897. The van der Waals surface area contributed by atoms with E-state index in [0.717, 1.165) is 128 Å². The Labute approximate surface area is 463 Å². The van der Waals surface area contributed by atoms with Crippen LogP contribution in [-0.4, -0.2) is 37.2 Å². The Hall–Kier alpha value is -3.93. The molecule has 75 heavy (non-hydrogen) atoms. The summed E-state index contributed by atoms with van der Waals surface area (Å²) in [6.45, 7) is 6.37. The van der Waals surface area contributed by atoms with Crippen LogP contribution in [0.3, 0.4) is 0 Å². The van der Waals surface area contributed by atoms with Gasteiger partial charge in [-0.3, -0.25) is 14.4 Å². The van der Waals surface area contributed by atoms with Crippen LogP contribution in [0.5, 0.6) is 0 Å². The molecule has 6 nitrogen and oxygen atoms in total. The average Bonchev–Trinajstić information content (AvgIpc) is 3.41. The SMILES string of the molecule is CC/C=C\C/C=C\C/C=C\C/C=C\C/C=C\CCCCCCCCCCCCCCCCCC(=O)OCC(COC(=O)CCCCCCCCC)OC(=O)CCCCCCCC/C=C\C/C=C\C/C=C\C/C=C\CC. The fourth-order valence-electron chi connectivity index (χ4n) is 8.64. The van der Waals surface area contributed by atoms with E-state index >= 15 is 0 Å². The Morgan fingerprint density at radius 3 is 0.813 bits per heavy atom. The van der Waals surface area contributed by atoms with Gasteiger partial charge >= 0.3 is 17.9 Å². The summed E-state index contributed by atoms with van der Waals surface area (Å²) >= 11 is 0. The Kier molecular flexibility index (Phi) is 59.3. The second-order valence-electron chi connectivity index (χ2n) is 20.6. The molecule has 0 aromatic carbocycles. The van der Waals surface area contributed by atoms with Crippen molar-refractivity contribution in [3.63, 3.8) is 0 Å². The highest BCUT2D eigenvalue weighted by Crippen LogP contribution is 2.16. The first-order valence-corrected chi connectivity index (χ1v) is 31.4. The van der Waals surface area contributed by atoms with Crippen LogP contribution < -0.4 is 0 Å². The van der Waals surface area contributed by atoms with Gasteiger partial charge in [-0.05, 0) is 103 Å². The maximum Gasteiger partial charge on any atom is 0.306 e. The third kappa shape index (κ3) is 60.8. The molecule has 0 aromatic rings. The zero-order valence-corrected chi connectivity index (χ0v) is 49.0. The molecule has 0 spiro atoms. The lowest BCUT2D eigenvalue weighted by Gasteiger charge is -2.18. The van der Waals surface area contributed by atoms with Crippen molar-refractivity contribution in [1.82, 2.24) is 0 Å². The van der Waals surface area contributed by atoms with Gasteiger partial charge in [-0.25, -0.2) is 0 Å². The predicted octanol–water partition coefficient (Wildman–Crippen LogP) is 21.4. The van der Waals surface area contributed by atoms with Crippen LogP contribution in [0.1, 0.15) is 290 Å². The van der Waals surface area contributed by atoms with Gasteiger partial charge in [0, 0.05) is 19.3 Å². The van der Waals surface area contributed by atoms with Crippen LogP contribution in [0, 0.1) is 0 Å². The zero-order chi connectivity index (χ0) is 54.3. The molecule has 0 aliphatic carbocycles. The molecule has 6 heteroatoms. The van der Waals surface area contributed by atoms with E-state index in [1.54, 1.807) is 0 Å². The predicted molar refractivity (Wildman–Crippen MR) is 325 cm³/mol. The van der Waals surface area contributed by atoms with Crippen molar-refractivity contribution < 1.29 is 28.6 Å². The molecule has 0 heterocycles. The van der Waals surface area contributed by atoms with E-state index in [2.05, 4.69) is 130 Å². The molecule has 0 N–H and O–H groups in total. The van der Waals surface area contributed by atoms with E-state index in [1.165, 1.54) is 122 Å². The minimum atomic E-state index is -0.783. The monoisotopic (exact) mass is 1040 g/mol. The maximum atomic E-state index is 12.8. The highest BCUT2D eigenvalue weighted by molar-refractivity contribution is 5.71. The van der Waals surface area contributed by atoms with E-state index in [1.807, 2.05) is 0 Å². The summed E-state index contributed by atoms with van der Waals surface area (Å²) in [6, 6.07) is 0. The first-order chi connectivity index (χ1) is 37.0. The van der Waals surface area contributed by atoms with Crippen LogP contribution >= 0.6 is 0 Å². The fraction of sp³-hybridized carbons (Fsp3) is 0.696. The highest BCUT2D eigenvalue weighted by atomic mass is 16.6. The molecular formula is C69H116O6. The lowest BCUT2D eigenvalue weighted by molar-refractivity contribution is -0.167. The minimum absolute atomic E-state index is 0.0822. The quantitative estimate of drug-likeness (QED) is 0.0261. The van der Waals surface area contributed by atoms with Crippen molar-refractivity contribution in [2.75, 3.05) is 13.2 Å². The molecule has 0 aromatic heterocycles. The Balaban J connectivity index is 4.10. The number of carbonyl (C=O) groups excluding carboxylic acids is 3. The van der Waals surface area contributed by atoms with Crippen LogP contribution in [0.4, 0.5) is 0 Å². The number of hydrogen-bond acceptors (Lipinski definition) is 6. The van der Waals surface area contributed by atoms with Gasteiger partial charge in [-0.15, -0.1) is 0 Å². The zero-order valence-electron chi connectivity index (χ0n) is 49.0. The van der Waals surface area contributed by atoms with Gasteiger partial charge in [0.05, 0.1) is 0 Å². The van der Waals surface area contributed by atoms with Gasteiger partial charge < -0.3 is 14.2 Å². The summed E-state index contributed by atoms with van der Waals surface area (Å²) in [6.07, 6.45) is 85.5. The summed E-state index contributed by atoms with van der Waals surface area (Å²) in [4.78, 5) is 38.0. The van der Waals surface area contributed by atoms with Crippen molar-refractivity contribution in [1.29, 1.82) is 0 Å². The van der Waals surface area contributed by atoms with Crippen molar-refractivity contribution in [2.45, 2.75) is 297 Å². The fourth-order valence-corrected chi connectivity index (χ4v) is 8.64. The first-order valence-electron chi connectivity index (χ1n) is 31.4. The molecule has 0 saturated heterocycles. The number of hydrogen-bond donors (Lipinski definition) is 0. The van der Waals surface area contributed by atoms with Crippen molar-refractivity contribution in [2.24, 2.45) is 0 Å². The molecule has 0 saturated carbocycles. The summed E-state index contributed by atoms with van der Waals surface area (Å²) in [5.41, 5.74) is 0.